The average Bonchev–Trinajstić information content (AvgIpc) is 2.39. The molecule has 0 bridgehead atoms. The molecule has 0 aliphatic carbocycles. The standard InChI is InChI=1S/C14H13BrF2N2/c1-8-6-9(4-5-19-8)13(18)7-10-12(16)3-2-11(15)14(10)17/h2-6,13H,7,18H2,1H3. The van der Waals surface area contributed by atoms with Crippen LogP contribution in [-0.2, 0) is 6.42 Å². The van der Waals surface area contributed by atoms with Gasteiger partial charge in [-0.2, -0.15) is 0 Å². The van der Waals surface area contributed by atoms with E-state index in [0.29, 0.717) is 0 Å². The van der Waals surface area contributed by atoms with Crippen molar-refractivity contribution in [3.63, 3.8) is 0 Å². The zero-order valence-corrected chi connectivity index (χ0v) is 11.9. The van der Waals surface area contributed by atoms with Crippen LogP contribution in [0.3, 0.4) is 0 Å². The van der Waals surface area contributed by atoms with Crippen LogP contribution in [0.15, 0.2) is 34.9 Å². The summed E-state index contributed by atoms with van der Waals surface area (Å²) in [5.41, 5.74) is 7.64. The summed E-state index contributed by atoms with van der Waals surface area (Å²) in [5.74, 6) is -1.18. The zero-order valence-electron chi connectivity index (χ0n) is 10.3. The van der Waals surface area contributed by atoms with Gasteiger partial charge >= 0.3 is 0 Å². The monoisotopic (exact) mass is 326 g/mol. The molecule has 2 rings (SSSR count). The molecule has 2 N–H and O–H groups in total. The van der Waals surface area contributed by atoms with E-state index in [0.717, 1.165) is 11.3 Å². The average molecular weight is 327 g/mol. The van der Waals surface area contributed by atoms with Crippen molar-refractivity contribution in [2.45, 2.75) is 19.4 Å². The van der Waals surface area contributed by atoms with Crippen LogP contribution >= 0.6 is 15.9 Å². The van der Waals surface area contributed by atoms with E-state index in [-0.39, 0.29) is 16.5 Å². The quantitative estimate of drug-likeness (QED) is 0.874. The summed E-state index contributed by atoms with van der Waals surface area (Å²) >= 11 is 3.05. The fourth-order valence-corrected chi connectivity index (χ4v) is 2.26. The molecule has 5 heteroatoms. The van der Waals surface area contributed by atoms with E-state index >= 15 is 0 Å². The van der Waals surface area contributed by atoms with Crippen molar-refractivity contribution in [3.8, 4) is 0 Å². The third-order valence-electron chi connectivity index (χ3n) is 2.91. The highest BCUT2D eigenvalue weighted by molar-refractivity contribution is 9.10. The van der Waals surface area contributed by atoms with E-state index in [1.165, 1.54) is 12.1 Å². The van der Waals surface area contributed by atoms with Crippen LogP contribution in [0.2, 0.25) is 0 Å². The first-order valence-electron chi connectivity index (χ1n) is 5.79. The molecule has 0 fully saturated rings. The molecule has 19 heavy (non-hydrogen) atoms. The summed E-state index contributed by atoms with van der Waals surface area (Å²) in [7, 11) is 0. The van der Waals surface area contributed by atoms with Gasteiger partial charge in [-0.05, 0) is 59.1 Å². The number of halogens is 3. The van der Waals surface area contributed by atoms with Crippen molar-refractivity contribution >= 4 is 15.9 Å². The van der Waals surface area contributed by atoms with Gasteiger partial charge in [0.15, 0.2) is 0 Å². The maximum absolute atomic E-state index is 13.9. The third kappa shape index (κ3) is 3.16. The first kappa shape index (κ1) is 14.1. The number of nitrogens with two attached hydrogens (primary N) is 1. The van der Waals surface area contributed by atoms with Gasteiger partial charge in [0.2, 0.25) is 0 Å². The number of aryl methyl sites for hydroxylation is 1. The molecule has 0 aliphatic heterocycles. The van der Waals surface area contributed by atoms with Crippen LogP contribution < -0.4 is 5.73 Å². The molecular formula is C14H13BrF2N2. The Hall–Kier alpha value is -1.33. The van der Waals surface area contributed by atoms with Gasteiger partial charge in [-0.3, -0.25) is 4.98 Å². The van der Waals surface area contributed by atoms with E-state index in [2.05, 4.69) is 20.9 Å². The molecule has 1 unspecified atom stereocenters. The van der Waals surface area contributed by atoms with Gasteiger partial charge in [0.05, 0.1) is 4.47 Å². The molecule has 0 aliphatic rings. The Kier molecular flexibility index (Phi) is 4.27. The summed E-state index contributed by atoms with van der Waals surface area (Å²) in [6.07, 6.45) is 1.73. The van der Waals surface area contributed by atoms with Gasteiger partial charge in [0.25, 0.3) is 0 Å². The van der Waals surface area contributed by atoms with Gasteiger partial charge in [-0.15, -0.1) is 0 Å². The molecule has 1 aromatic carbocycles. The topological polar surface area (TPSA) is 38.9 Å². The van der Waals surface area contributed by atoms with Crippen molar-refractivity contribution in [3.05, 3.63) is 63.4 Å². The van der Waals surface area contributed by atoms with Gasteiger partial charge in [0, 0.05) is 23.5 Å². The first-order valence-corrected chi connectivity index (χ1v) is 6.59. The molecule has 1 atom stereocenters. The lowest BCUT2D eigenvalue weighted by Crippen LogP contribution is -2.15. The smallest absolute Gasteiger partial charge is 0.143 e. The minimum absolute atomic E-state index is 0.00339. The Morgan fingerprint density at radius 2 is 2.05 bits per heavy atom. The molecule has 1 heterocycles. The van der Waals surface area contributed by atoms with Crippen molar-refractivity contribution in [1.82, 2.24) is 4.98 Å². The van der Waals surface area contributed by atoms with Crippen LogP contribution in [0.25, 0.3) is 0 Å². The number of hydrogen-bond acceptors (Lipinski definition) is 2. The Morgan fingerprint density at radius 1 is 1.32 bits per heavy atom. The summed E-state index contributed by atoms with van der Waals surface area (Å²) in [5, 5.41) is 0. The molecule has 1 aromatic heterocycles. The summed E-state index contributed by atoms with van der Waals surface area (Å²) < 4.78 is 27.8. The van der Waals surface area contributed by atoms with Crippen molar-refractivity contribution in [2.24, 2.45) is 5.73 Å². The number of pyridine rings is 1. The van der Waals surface area contributed by atoms with Crippen LogP contribution in [0.4, 0.5) is 8.78 Å². The second kappa shape index (κ2) is 5.75. The Labute approximate surface area is 118 Å². The van der Waals surface area contributed by atoms with E-state index in [1.807, 2.05) is 13.0 Å². The van der Waals surface area contributed by atoms with Gasteiger partial charge in [0.1, 0.15) is 11.6 Å². The summed E-state index contributed by atoms with van der Waals surface area (Å²) in [6.45, 7) is 1.84. The molecule has 0 saturated heterocycles. The Morgan fingerprint density at radius 3 is 2.74 bits per heavy atom. The highest BCUT2D eigenvalue weighted by Gasteiger charge is 2.16. The molecule has 0 spiro atoms. The normalized spacial score (nSPS) is 12.5. The second-order valence-electron chi connectivity index (χ2n) is 4.36. The predicted molar refractivity (Wildman–Crippen MR) is 73.7 cm³/mol. The summed E-state index contributed by atoms with van der Waals surface area (Å²) in [6, 6.07) is 5.67. The number of aromatic nitrogens is 1. The molecule has 0 saturated carbocycles. The van der Waals surface area contributed by atoms with Gasteiger partial charge < -0.3 is 5.73 Å². The lowest BCUT2D eigenvalue weighted by molar-refractivity contribution is 0.536. The molecular weight excluding hydrogens is 314 g/mol. The highest BCUT2D eigenvalue weighted by atomic mass is 79.9. The Balaban J connectivity index is 2.29. The van der Waals surface area contributed by atoms with Gasteiger partial charge in [-0.25, -0.2) is 8.78 Å². The van der Waals surface area contributed by atoms with Crippen LogP contribution in [0, 0.1) is 18.6 Å². The largest absolute Gasteiger partial charge is 0.324 e. The minimum Gasteiger partial charge on any atom is -0.324 e. The van der Waals surface area contributed by atoms with Crippen molar-refractivity contribution in [2.75, 3.05) is 0 Å². The Bertz CT molecular complexity index is 602. The fraction of sp³-hybridized carbons (Fsp3) is 0.214. The lowest BCUT2D eigenvalue weighted by Gasteiger charge is -2.14. The molecule has 2 aromatic rings. The van der Waals surface area contributed by atoms with Crippen molar-refractivity contribution < 1.29 is 8.78 Å². The maximum atomic E-state index is 13.9. The fourth-order valence-electron chi connectivity index (χ4n) is 1.89. The van der Waals surface area contributed by atoms with E-state index in [4.69, 9.17) is 5.73 Å². The minimum atomic E-state index is -0.596. The maximum Gasteiger partial charge on any atom is 0.143 e. The number of benzene rings is 1. The predicted octanol–water partition coefficient (Wildman–Crippen LogP) is 3.67. The van der Waals surface area contributed by atoms with E-state index < -0.39 is 17.7 Å². The second-order valence-corrected chi connectivity index (χ2v) is 5.22. The van der Waals surface area contributed by atoms with E-state index in [1.54, 1.807) is 12.3 Å². The van der Waals surface area contributed by atoms with Crippen LogP contribution in [-0.4, -0.2) is 4.98 Å². The summed E-state index contributed by atoms with van der Waals surface area (Å²) in [4.78, 5) is 4.07. The number of nitrogens with zero attached hydrogens (tertiary/aromatic N) is 1. The number of hydrogen-bond donors (Lipinski definition) is 1. The zero-order chi connectivity index (χ0) is 14.0. The molecule has 0 radical (unpaired) electrons. The highest BCUT2D eigenvalue weighted by Crippen LogP contribution is 2.25. The number of rotatable bonds is 3. The first-order chi connectivity index (χ1) is 8.99. The SMILES string of the molecule is Cc1cc(C(N)Cc2c(F)ccc(Br)c2F)ccn1. The van der Waals surface area contributed by atoms with Crippen molar-refractivity contribution in [1.29, 1.82) is 0 Å². The van der Waals surface area contributed by atoms with Crippen LogP contribution in [0.5, 0.6) is 0 Å². The molecule has 2 nitrogen and oxygen atoms in total. The van der Waals surface area contributed by atoms with Gasteiger partial charge in [-0.1, -0.05) is 0 Å². The molecule has 0 amide bonds. The lowest BCUT2D eigenvalue weighted by atomic mass is 9.99. The third-order valence-corrected chi connectivity index (χ3v) is 3.52. The van der Waals surface area contributed by atoms with E-state index in [9.17, 15) is 8.78 Å². The van der Waals surface area contributed by atoms with Crippen LogP contribution in [0.1, 0.15) is 22.9 Å². The molecule has 100 valence electrons.